The molecule has 0 fully saturated rings. The molecule has 0 aliphatic rings. The minimum Gasteiger partial charge on any atom is -0.349 e. The molecule has 3 aromatic rings. The summed E-state index contributed by atoms with van der Waals surface area (Å²) in [4.78, 5) is 17.1. The monoisotopic (exact) mass is 357 g/mol. The minimum atomic E-state index is -0.509. The molecule has 1 amide bonds. The molecule has 0 unspecified atom stereocenters. The number of carbonyl (C=O) groups excluding carboxylic acids is 1. The average molecular weight is 357 g/mol. The molecule has 1 aromatic carbocycles. The summed E-state index contributed by atoms with van der Waals surface area (Å²) in [5.41, 5.74) is 1.98. The molecule has 0 aliphatic heterocycles. The lowest BCUT2D eigenvalue weighted by Crippen LogP contribution is -2.34. The number of imidazole rings is 1. The lowest BCUT2D eigenvalue weighted by molar-refractivity contribution is -0.124. The lowest BCUT2D eigenvalue weighted by atomic mass is 10.1. The number of nitrogens with one attached hydrogen (secondary N) is 1. The lowest BCUT2D eigenvalue weighted by Gasteiger charge is -2.16. The van der Waals surface area contributed by atoms with Gasteiger partial charge >= 0.3 is 0 Å². The van der Waals surface area contributed by atoms with Crippen molar-refractivity contribution >= 4 is 17.7 Å². The van der Waals surface area contributed by atoms with Crippen LogP contribution in [0.1, 0.15) is 17.3 Å². The van der Waals surface area contributed by atoms with Gasteiger partial charge in [-0.15, -0.1) is 5.10 Å². The summed E-state index contributed by atoms with van der Waals surface area (Å²) in [7, 11) is 1.93. The van der Waals surface area contributed by atoms with Gasteiger partial charge in [0.05, 0.1) is 18.4 Å². The molecule has 1 atom stereocenters. The maximum absolute atomic E-state index is 12.7. The average Bonchev–Trinajstić information content (AvgIpc) is 3.28. The van der Waals surface area contributed by atoms with E-state index in [9.17, 15) is 4.79 Å². The van der Waals surface area contributed by atoms with Crippen LogP contribution in [0.15, 0.2) is 48.0 Å². The van der Waals surface area contributed by atoms with Crippen LogP contribution in [0, 0.1) is 0 Å². The minimum absolute atomic E-state index is 0.136. The van der Waals surface area contributed by atoms with Gasteiger partial charge in [0.2, 0.25) is 5.91 Å². The molecule has 3 rings (SSSR count). The summed E-state index contributed by atoms with van der Waals surface area (Å²) < 4.78 is 3.45. The van der Waals surface area contributed by atoms with E-state index < -0.39 is 6.04 Å². The predicted octanol–water partition coefficient (Wildman–Crippen LogP) is 1.23. The van der Waals surface area contributed by atoms with Gasteiger partial charge in [0.25, 0.3) is 0 Å². The van der Waals surface area contributed by atoms with Crippen LogP contribution < -0.4 is 5.32 Å². The molecule has 0 bridgehead atoms. The molecule has 0 saturated heterocycles. The zero-order valence-electron chi connectivity index (χ0n) is 14.0. The maximum atomic E-state index is 12.7. The second-order valence-electron chi connectivity index (χ2n) is 5.51. The Labute approximate surface area is 149 Å². The molecule has 0 radical (unpaired) electrons. The van der Waals surface area contributed by atoms with E-state index in [1.165, 1.54) is 11.0 Å². The van der Waals surface area contributed by atoms with Crippen LogP contribution in [0.5, 0.6) is 0 Å². The van der Waals surface area contributed by atoms with Crippen molar-refractivity contribution in [3.05, 3.63) is 54.1 Å². The van der Waals surface area contributed by atoms with Crippen LogP contribution in [0.2, 0.25) is 0 Å². The van der Waals surface area contributed by atoms with Crippen LogP contribution in [-0.4, -0.2) is 41.9 Å². The maximum Gasteiger partial charge on any atom is 0.245 e. The number of nitrogens with zero attached hydrogens (tertiary/aromatic N) is 6. The first kappa shape index (κ1) is 17.2. The van der Waals surface area contributed by atoms with E-state index >= 15 is 0 Å². The fraction of sp³-hybridized carbons (Fsp3) is 0.312. The van der Waals surface area contributed by atoms with E-state index in [-0.39, 0.29) is 5.91 Å². The SMILES string of the molecule is CSc1ncc(CNC(=O)[C@H](Cc2ccccc2)n2cnnn2)n1C. The fourth-order valence-corrected chi connectivity index (χ4v) is 3.08. The van der Waals surface area contributed by atoms with Gasteiger partial charge in [0.1, 0.15) is 12.4 Å². The molecule has 0 saturated carbocycles. The highest BCUT2D eigenvalue weighted by atomic mass is 32.2. The molecule has 0 spiro atoms. The van der Waals surface area contributed by atoms with Gasteiger partial charge in [-0.25, -0.2) is 9.67 Å². The number of hydrogen-bond acceptors (Lipinski definition) is 6. The van der Waals surface area contributed by atoms with Crippen molar-refractivity contribution in [1.82, 2.24) is 35.1 Å². The van der Waals surface area contributed by atoms with Gasteiger partial charge in [-0.1, -0.05) is 42.1 Å². The Hall–Kier alpha value is -2.68. The largest absolute Gasteiger partial charge is 0.349 e. The van der Waals surface area contributed by atoms with E-state index in [2.05, 4.69) is 25.8 Å². The summed E-state index contributed by atoms with van der Waals surface area (Å²) >= 11 is 1.57. The summed E-state index contributed by atoms with van der Waals surface area (Å²) in [6.07, 6.45) is 5.72. The standard InChI is InChI=1S/C16H19N7OS/c1-22-13(10-18-16(22)25-2)9-17-15(24)14(23-11-19-20-21-23)8-12-6-4-3-5-7-12/h3-7,10-11,14H,8-9H2,1-2H3,(H,17,24)/t14-/m0/s1. The quantitative estimate of drug-likeness (QED) is 0.640. The van der Waals surface area contributed by atoms with Gasteiger partial charge in [-0.2, -0.15) is 0 Å². The van der Waals surface area contributed by atoms with Crippen molar-refractivity contribution in [2.24, 2.45) is 7.05 Å². The molecule has 1 N–H and O–H groups in total. The van der Waals surface area contributed by atoms with Crippen LogP contribution in [0.4, 0.5) is 0 Å². The van der Waals surface area contributed by atoms with Crippen LogP contribution in [0.25, 0.3) is 0 Å². The molecular formula is C16H19N7OS. The van der Waals surface area contributed by atoms with E-state index in [4.69, 9.17) is 0 Å². The highest BCUT2D eigenvalue weighted by Gasteiger charge is 2.22. The van der Waals surface area contributed by atoms with E-state index in [1.807, 2.05) is 48.2 Å². The van der Waals surface area contributed by atoms with Crippen molar-refractivity contribution in [2.75, 3.05) is 6.26 Å². The van der Waals surface area contributed by atoms with Crippen molar-refractivity contribution in [3.63, 3.8) is 0 Å². The zero-order valence-corrected chi connectivity index (χ0v) is 14.8. The first-order valence-electron chi connectivity index (χ1n) is 7.77. The summed E-state index contributed by atoms with van der Waals surface area (Å²) in [5.74, 6) is -0.136. The number of rotatable bonds is 7. The van der Waals surface area contributed by atoms with Gasteiger partial charge in [0.15, 0.2) is 5.16 Å². The molecule has 130 valence electrons. The van der Waals surface area contributed by atoms with Gasteiger partial charge in [0, 0.05) is 13.5 Å². The number of hydrogen-bond donors (Lipinski definition) is 1. The van der Waals surface area contributed by atoms with Crippen molar-refractivity contribution in [1.29, 1.82) is 0 Å². The summed E-state index contributed by atoms with van der Waals surface area (Å²) in [6.45, 7) is 0.399. The van der Waals surface area contributed by atoms with Gasteiger partial charge in [-0.05, 0) is 22.2 Å². The van der Waals surface area contributed by atoms with Crippen LogP contribution >= 0.6 is 11.8 Å². The number of tetrazole rings is 1. The molecule has 2 aromatic heterocycles. The first-order chi connectivity index (χ1) is 12.2. The molecule has 9 heteroatoms. The number of aromatic nitrogens is 6. The predicted molar refractivity (Wildman–Crippen MR) is 93.8 cm³/mol. The number of benzene rings is 1. The Morgan fingerprint density at radius 1 is 1.32 bits per heavy atom. The third-order valence-corrected chi connectivity index (χ3v) is 4.67. The molecule has 2 heterocycles. The fourth-order valence-electron chi connectivity index (χ4n) is 2.53. The van der Waals surface area contributed by atoms with Crippen LogP contribution in [-0.2, 0) is 24.8 Å². The Kier molecular flexibility index (Phi) is 5.44. The molecule has 0 aliphatic carbocycles. The molecular weight excluding hydrogens is 338 g/mol. The molecule has 25 heavy (non-hydrogen) atoms. The normalized spacial score (nSPS) is 12.1. The first-order valence-corrected chi connectivity index (χ1v) is 9.00. The summed E-state index contributed by atoms with van der Waals surface area (Å²) in [6, 6.07) is 9.30. The zero-order chi connectivity index (χ0) is 17.6. The third-order valence-electron chi connectivity index (χ3n) is 3.93. The highest BCUT2D eigenvalue weighted by Crippen LogP contribution is 2.15. The number of thioether (sulfide) groups is 1. The Balaban J connectivity index is 1.72. The number of carbonyl (C=O) groups is 1. The second-order valence-corrected chi connectivity index (χ2v) is 6.28. The topological polar surface area (TPSA) is 90.5 Å². The Morgan fingerprint density at radius 2 is 2.12 bits per heavy atom. The van der Waals surface area contributed by atoms with Gasteiger partial charge < -0.3 is 9.88 Å². The summed E-state index contributed by atoms with van der Waals surface area (Å²) in [5, 5.41) is 15.1. The molecule has 8 nitrogen and oxygen atoms in total. The van der Waals surface area contributed by atoms with Crippen molar-refractivity contribution in [2.45, 2.75) is 24.2 Å². The van der Waals surface area contributed by atoms with Crippen molar-refractivity contribution in [3.8, 4) is 0 Å². The Morgan fingerprint density at radius 3 is 2.76 bits per heavy atom. The van der Waals surface area contributed by atoms with E-state index in [0.717, 1.165) is 16.4 Å². The van der Waals surface area contributed by atoms with E-state index in [1.54, 1.807) is 18.0 Å². The third kappa shape index (κ3) is 4.05. The Bertz CT molecular complexity index is 816. The van der Waals surface area contributed by atoms with Gasteiger partial charge in [-0.3, -0.25) is 4.79 Å². The number of amides is 1. The highest BCUT2D eigenvalue weighted by molar-refractivity contribution is 7.98. The second kappa shape index (κ2) is 7.93. The van der Waals surface area contributed by atoms with Crippen LogP contribution in [0.3, 0.4) is 0 Å². The van der Waals surface area contributed by atoms with E-state index in [0.29, 0.717) is 13.0 Å². The van der Waals surface area contributed by atoms with Crippen molar-refractivity contribution < 1.29 is 4.79 Å². The smallest absolute Gasteiger partial charge is 0.245 e.